The van der Waals surface area contributed by atoms with Crippen LogP contribution < -0.4 is 11.1 Å². The predicted octanol–water partition coefficient (Wildman–Crippen LogP) is 4.42. The number of nitrogen functional groups attached to an aromatic ring is 1. The minimum Gasteiger partial charge on any atom is -0.383 e. The summed E-state index contributed by atoms with van der Waals surface area (Å²) in [6.45, 7) is 1.92. The van der Waals surface area contributed by atoms with E-state index in [2.05, 4.69) is 40.7 Å². The van der Waals surface area contributed by atoms with E-state index in [1.54, 1.807) is 40.9 Å². The van der Waals surface area contributed by atoms with Crippen molar-refractivity contribution in [3.05, 3.63) is 53.7 Å². The molecule has 0 bridgehead atoms. The summed E-state index contributed by atoms with van der Waals surface area (Å²) < 4.78 is 0. The SMILES string of the molecule is Cc1ncc(Nc2cnc3cc(-c4nnc(C5CCCC5)s4)c(N)nc3c2)cc1-n1nccn1. The highest BCUT2D eigenvalue weighted by molar-refractivity contribution is 7.14. The fraction of sp³-hybridized carbons (Fsp3) is 0.261. The first kappa shape index (κ1) is 20.6. The smallest absolute Gasteiger partial charge is 0.151 e. The molecule has 5 heterocycles. The molecule has 0 atom stereocenters. The predicted molar refractivity (Wildman–Crippen MR) is 131 cm³/mol. The van der Waals surface area contributed by atoms with Gasteiger partial charge in [-0.2, -0.15) is 10.2 Å². The fourth-order valence-corrected chi connectivity index (χ4v) is 5.32. The minimum atomic E-state index is 0.421. The third-order valence-corrected chi connectivity index (χ3v) is 7.17. The maximum Gasteiger partial charge on any atom is 0.151 e. The third-order valence-electron chi connectivity index (χ3n) is 6.05. The number of nitrogens with one attached hydrogen (secondary N) is 1. The number of hydrogen-bond donors (Lipinski definition) is 2. The number of aromatic nitrogens is 8. The molecule has 1 fully saturated rings. The van der Waals surface area contributed by atoms with Crippen LogP contribution in [0, 0.1) is 6.92 Å². The Balaban J connectivity index is 1.28. The third kappa shape index (κ3) is 3.83. The summed E-state index contributed by atoms with van der Waals surface area (Å²) in [5.41, 5.74) is 11.7. The van der Waals surface area contributed by atoms with Gasteiger partial charge in [-0.05, 0) is 38.0 Å². The molecule has 0 aliphatic heterocycles. The number of pyridine rings is 3. The monoisotopic (exact) mass is 470 g/mol. The molecule has 6 rings (SSSR count). The molecule has 10 nitrogen and oxygen atoms in total. The lowest BCUT2D eigenvalue weighted by Crippen LogP contribution is -2.04. The summed E-state index contributed by atoms with van der Waals surface area (Å²) in [4.78, 5) is 15.2. The normalized spacial score (nSPS) is 14.1. The Bertz CT molecular complexity index is 1470. The highest BCUT2D eigenvalue weighted by atomic mass is 32.1. The van der Waals surface area contributed by atoms with Crippen molar-refractivity contribution < 1.29 is 0 Å². The quantitative estimate of drug-likeness (QED) is 0.383. The first-order chi connectivity index (χ1) is 16.6. The number of anilines is 3. The van der Waals surface area contributed by atoms with Crippen molar-refractivity contribution in [3.8, 4) is 16.3 Å². The summed E-state index contributed by atoms with van der Waals surface area (Å²) in [7, 11) is 0. The van der Waals surface area contributed by atoms with Crippen molar-refractivity contribution in [1.82, 2.24) is 40.1 Å². The molecule has 5 aromatic rings. The largest absolute Gasteiger partial charge is 0.383 e. The van der Waals surface area contributed by atoms with E-state index in [1.165, 1.54) is 25.7 Å². The Hall–Kier alpha value is -3.99. The van der Waals surface area contributed by atoms with Crippen molar-refractivity contribution in [1.29, 1.82) is 0 Å². The zero-order chi connectivity index (χ0) is 23.1. The van der Waals surface area contributed by atoms with Crippen molar-refractivity contribution in [2.75, 3.05) is 11.1 Å². The van der Waals surface area contributed by atoms with Gasteiger partial charge in [0.2, 0.25) is 0 Å². The zero-order valence-electron chi connectivity index (χ0n) is 18.5. The van der Waals surface area contributed by atoms with E-state index < -0.39 is 0 Å². The van der Waals surface area contributed by atoms with Crippen LogP contribution in [0.3, 0.4) is 0 Å². The van der Waals surface area contributed by atoms with Gasteiger partial charge in [0.1, 0.15) is 16.5 Å². The van der Waals surface area contributed by atoms with Crippen LogP contribution in [-0.4, -0.2) is 40.1 Å². The Morgan fingerprint density at radius 2 is 1.74 bits per heavy atom. The first-order valence-corrected chi connectivity index (χ1v) is 12.0. The van der Waals surface area contributed by atoms with Gasteiger partial charge in [0.05, 0.1) is 58.5 Å². The van der Waals surface area contributed by atoms with Gasteiger partial charge in [-0.25, -0.2) is 4.98 Å². The molecule has 5 aromatic heterocycles. The molecule has 11 heteroatoms. The molecule has 170 valence electrons. The molecule has 0 unspecified atom stereocenters. The van der Waals surface area contributed by atoms with E-state index in [-0.39, 0.29) is 0 Å². The summed E-state index contributed by atoms with van der Waals surface area (Å²) in [6.07, 6.45) is 11.7. The van der Waals surface area contributed by atoms with E-state index in [0.29, 0.717) is 17.3 Å². The maximum absolute atomic E-state index is 6.33. The van der Waals surface area contributed by atoms with Crippen LogP contribution in [0.2, 0.25) is 0 Å². The molecular weight excluding hydrogens is 448 g/mol. The molecule has 3 N–H and O–H groups in total. The second kappa shape index (κ2) is 8.41. The van der Waals surface area contributed by atoms with Crippen molar-refractivity contribution in [2.45, 2.75) is 38.5 Å². The Labute approximate surface area is 199 Å². The topological polar surface area (TPSA) is 133 Å². The van der Waals surface area contributed by atoms with Gasteiger partial charge < -0.3 is 11.1 Å². The lowest BCUT2D eigenvalue weighted by Gasteiger charge is -2.10. The average molecular weight is 471 g/mol. The molecule has 34 heavy (non-hydrogen) atoms. The summed E-state index contributed by atoms with van der Waals surface area (Å²) in [5, 5.41) is 22.4. The van der Waals surface area contributed by atoms with Gasteiger partial charge in [0.15, 0.2) is 5.01 Å². The van der Waals surface area contributed by atoms with Gasteiger partial charge in [-0.3, -0.25) is 9.97 Å². The van der Waals surface area contributed by atoms with E-state index in [0.717, 1.165) is 43.9 Å². The van der Waals surface area contributed by atoms with Crippen LogP contribution in [0.5, 0.6) is 0 Å². The lowest BCUT2D eigenvalue weighted by atomic mass is 10.1. The maximum atomic E-state index is 6.33. The van der Waals surface area contributed by atoms with Crippen LogP contribution >= 0.6 is 11.3 Å². The molecular formula is C23H22N10S. The molecule has 1 aliphatic rings. The highest BCUT2D eigenvalue weighted by Gasteiger charge is 2.22. The molecule has 1 aliphatic carbocycles. The first-order valence-electron chi connectivity index (χ1n) is 11.1. The Morgan fingerprint density at radius 3 is 2.56 bits per heavy atom. The minimum absolute atomic E-state index is 0.421. The number of nitrogens with two attached hydrogens (primary N) is 1. The van der Waals surface area contributed by atoms with Crippen LogP contribution in [0.1, 0.15) is 42.3 Å². The van der Waals surface area contributed by atoms with Crippen molar-refractivity contribution >= 4 is 39.6 Å². The summed E-state index contributed by atoms with van der Waals surface area (Å²) >= 11 is 1.61. The van der Waals surface area contributed by atoms with Crippen molar-refractivity contribution in [3.63, 3.8) is 0 Å². The Kier molecular flexibility index (Phi) is 5.10. The number of aryl methyl sites for hydroxylation is 1. The molecule has 1 saturated carbocycles. The highest BCUT2D eigenvalue weighted by Crippen LogP contribution is 2.38. The summed E-state index contributed by atoms with van der Waals surface area (Å²) in [5.74, 6) is 0.943. The van der Waals surface area contributed by atoms with E-state index in [1.807, 2.05) is 25.1 Å². The molecule has 0 amide bonds. The number of fused-ring (bicyclic) bond motifs is 1. The Morgan fingerprint density at radius 1 is 0.971 bits per heavy atom. The second-order valence-electron chi connectivity index (χ2n) is 8.38. The van der Waals surface area contributed by atoms with Crippen LogP contribution in [-0.2, 0) is 0 Å². The van der Waals surface area contributed by atoms with Crippen LogP contribution in [0.25, 0.3) is 27.3 Å². The van der Waals surface area contributed by atoms with E-state index in [4.69, 9.17) is 5.73 Å². The molecule has 0 spiro atoms. The molecule has 0 radical (unpaired) electrons. The van der Waals surface area contributed by atoms with E-state index >= 15 is 0 Å². The van der Waals surface area contributed by atoms with Crippen LogP contribution in [0.15, 0.2) is 43.0 Å². The standard InChI is InChI=1S/C23H22N10S/c1-13-20(33-27-6-7-28-33)9-16(11-25-13)29-15-8-19-18(26-12-15)10-17(21(24)30-19)23-32-31-22(34-23)14-4-2-3-5-14/h6-12,14,29H,2-5H2,1H3,(H2,24,30). The average Bonchev–Trinajstić information content (AvgIpc) is 3.62. The number of rotatable bonds is 5. The lowest BCUT2D eigenvalue weighted by molar-refractivity contribution is 0.705. The number of hydrogen-bond acceptors (Lipinski definition) is 10. The molecule has 0 saturated heterocycles. The van der Waals surface area contributed by atoms with Crippen LogP contribution in [0.4, 0.5) is 17.2 Å². The number of nitrogens with zero attached hydrogens (tertiary/aromatic N) is 8. The van der Waals surface area contributed by atoms with Gasteiger partial charge in [0.25, 0.3) is 0 Å². The summed E-state index contributed by atoms with van der Waals surface area (Å²) in [6, 6.07) is 5.79. The second-order valence-corrected chi connectivity index (χ2v) is 9.39. The zero-order valence-corrected chi connectivity index (χ0v) is 19.3. The van der Waals surface area contributed by atoms with Gasteiger partial charge >= 0.3 is 0 Å². The van der Waals surface area contributed by atoms with Gasteiger partial charge in [0, 0.05) is 5.92 Å². The van der Waals surface area contributed by atoms with E-state index in [9.17, 15) is 0 Å². The van der Waals surface area contributed by atoms with Crippen molar-refractivity contribution in [2.24, 2.45) is 0 Å². The van der Waals surface area contributed by atoms with Gasteiger partial charge in [-0.15, -0.1) is 15.0 Å². The molecule has 0 aromatic carbocycles. The van der Waals surface area contributed by atoms with Gasteiger partial charge in [-0.1, -0.05) is 24.2 Å². The fourth-order valence-electron chi connectivity index (χ4n) is 4.29.